The lowest BCUT2D eigenvalue weighted by molar-refractivity contribution is -0.118. The number of aromatic nitrogens is 1. The minimum Gasteiger partial charge on any atom is -0.484 e. The Labute approximate surface area is 184 Å². The van der Waals surface area contributed by atoms with Gasteiger partial charge in [-0.25, -0.2) is 4.98 Å². The van der Waals surface area contributed by atoms with Crippen LogP contribution in [0.15, 0.2) is 48.7 Å². The number of rotatable bonds is 6. The molecule has 0 radical (unpaired) electrons. The lowest BCUT2D eigenvalue weighted by Gasteiger charge is -2.19. The Bertz CT molecular complexity index is 975. The molecule has 1 heterocycles. The van der Waals surface area contributed by atoms with Crippen LogP contribution in [0.4, 0.5) is 5.13 Å². The van der Waals surface area contributed by atoms with Gasteiger partial charge in [-0.1, -0.05) is 56.1 Å². The minimum atomic E-state index is -0.253. The van der Waals surface area contributed by atoms with Crippen molar-refractivity contribution in [2.75, 3.05) is 11.9 Å². The van der Waals surface area contributed by atoms with Crippen molar-refractivity contribution in [2.24, 2.45) is 0 Å². The molecule has 0 atom stereocenters. The maximum atomic E-state index is 12.2. The highest BCUT2D eigenvalue weighted by atomic mass is 35.5. The number of nitrogens with zero attached hydrogens (tertiary/aromatic N) is 1. The van der Waals surface area contributed by atoms with Gasteiger partial charge in [0.15, 0.2) is 11.7 Å². The molecule has 152 valence electrons. The second-order valence-corrected chi connectivity index (χ2v) is 9.69. The molecule has 0 unspecified atom stereocenters. The van der Waals surface area contributed by atoms with Gasteiger partial charge in [-0.2, -0.15) is 0 Å². The number of ether oxygens (including phenoxy) is 1. The summed E-state index contributed by atoms with van der Waals surface area (Å²) in [4.78, 5) is 17.4. The van der Waals surface area contributed by atoms with E-state index in [9.17, 15) is 4.79 Å². The standard InChI is InChI=1S/C22H22Cl2N2O2S/c1-22(2,3)15-4-6-18(7-5-15)28-13-20(27)26-21-25-12-19(29-21)10-14-8-16(23)11-17(24)9-14/h4-9,11-12H,10,13H2,1-3H3,(H,25,26,27). The molecule has 29 heavy (non-hydrogen) atoms. The fraction of sp³-hybridized carbons (Fsp3) is 0.273. The van der Waals surface area contributed by atoms with Crippen LogP contribution in [0.3, 0.4) is 0 Å². The highest BCUT2D eigenvalue weighted by Gasteiger charge is 2.13. The van der Waals surface area contributed by atoms with Gasteiger partial charge in [-0.15, -0.1) is 11.3 Å². The van der Waals surface area contributed by atoms with Crippen molar-refractivity contribution in [3.63, 3.8) is 0 Å². The quantitative estimate of drug-likeness (QED) is 0.477. The third-order valence-electron chi connectivity index (χ3n) is 4.19. The number of benzene rings is 2. The van der Waals surface area contributed by atoms with Crippen molar-refractivity contribution in [3.05, 3.63) is 74.7 Å². The van der Waals surface area contributed by atoms with E-state index in [-0.39, 0.29) is 17.9 Å². The Hall–Kier alpha value is -2.08. The number of halogens is 2. The fourth-order valence-corrected chi connectivity index (χ4v) is 4.15. The highest BCUT2D eigenvalue weighted by Crippen LogP contribution is 2.26. The topological polar surface area (TPSA) is 51.2 Å². The van der Waals surface area contributed by atoms with Gasteiger partial charge in [0, 0.05) is 27.5 Å². The van der Waals surface area contributed by atoms with Gasteiger partial charge < -0.3 is 4.74 Å². The summed E-state index contributed by atoms with van der Waals surface area (Å²) in [6, 6.07) is 13.2. The van der Waals surface area contributed by atoms with E-state index in [2.05, 4.69) is 31.1 Å². The van der Waals surface area contributed by atoms with Crippen molar-refractivity contribution in [1.29, 1.82) is 0 Å². The summed E-state index contributed by atoms with van der Waals surface area (Å²) in [6.07, 6.45) is 2.38. The van der Waals surface area contributed by atoms with Crippen molar-refractivity contribution < 1.29 is 9.53 Å². The molecule has 2 aromatic carbocycles. The van der Waals surface area contributed by atoms with Crippen LogP contribution in [-0.2, 0) is 16.6 Å². The predicted molar refractivity (Wildman–Crippen MR) is 121 cm³/mol. The number of carbonyl (C=O) groups excluding carboxylic acids is 1. The summed E-state index contributed by atoms with van der Waals surface area (Å²) >= 11 is 13.5. The Morgan fingerprint density at radius 2 is 1.76 bits per heavy atom. The number of amides is 1. The molecule has 1 N–H and O–H groups in total. The van der Waals surface area contributed by atoms with Crippen molar-refractivity contribution in [1.82, 2.24) is 4.98 Å². The maximum absolute atomic E-state index is 12.2. The van der Waals surface area contributed by atoms with Gasteiger partial charge >= 0.3 is 0 Å². The first-order valence-electron chi connectivity index (χ1n) is 9.12. The number of hydrogen-bond donors (Lipinski definition) is 1. The van der Waals surface area contributed by atoms with E-state index in [1.807, 2.05) is 36.4 Å². The zero-order valence-corrected chi connectivity index (χ0v) is 18.8. The third kappa shape index (κ3) is 6.46. The van der Waals surface area contributed by atoms with E-state index >= 15 is 0 Å². The highest BCUT2D eigenvalue weighted by molar-refractivity contribution is 7.15. The summed E-state index contributed by atoms with van der Waals surface area (Å²) in [5.74, 6) is 0.405. The van der Waals surface area contributed by atoms with Crippen LogP contribution in [0.1, 0.15) is 36.8 Å². The molecule has 1 aromatic heterocycles. The van der Waals surface area contributed by atoms with Crippen LogP contribution in [0.5, 0.6) is 5.75 Å². The van der Waals surface area contributed by atoms with E-state index in [0.29, 0.717) is 27.3 Å². The Balaban J connectivity index is 1.52. The number of anilines is 1. The molecule has 0 saturated carbocycles. The lowest BCUT2D eigenvalue weighted by Crippen LogP contribution is -2.20. The van der Waals surface area contributed by atoms with Gasteiger partial charge in [0.05, 0.1) is 0 Å². The smallest absolute Gasteiger partial charge is 0.264 e. The molecule has 0 aliphatic heterocycles. The van der Waals surface area contributed by atoms with Gasteiger partial charge in [-0.3, -0.25) is 10.1 Å². The van der Waals surface area contributed by atoms with E-state index in [0.717, 1.165) is 10.4 Å². The Kier molecular flexibility index (Phi) is 6.83. The molecule has 7 heteroatoms. The van der Waals surface area contributed by atoms with Crippen LogP contribution in [0.2, 0.25) is 10.0 Å². The maximum Gasteiger partial charge on any atom is 0.264 e. The number of thiazole rings is 1. The first-order valence-corrected chi connectivity index (χ1v) is 10.7. The molecule has 0 saturated heterocycles. The average Bonchev–Trinajstić information content (AvgIpc) is 3.05. The molecule has 0 fully saturated rings. The molecule has 0 spiro atoms. The Morgan fingerprint density at radius 3 is 2.38 bits per heavy atom. The van der Waals surface area contributed by atoms with Crippen molar-refractivity contribution >= 4 is 45.6 Å². The molecule has 4 nitrogen and oxygen atoms in total. The van der Waals surface area contributed by atoms with Crippen molar-refractivity contribution in [3.8, 4) is 5.75 Å². The molecule has 0 bridgehead atoms. The number of hydrogen-bond acceptors (Lipinski definition) is 4. The van der Waals surface area contributed by atoms with Crippen LogP contribution >= 0.6 is 34.5 Å². The van der Waals surface area contributed by atoms with Crippen LogP contribution in [0, 0.1) is 0 Å². The summed E-state index contributed by atoms with van der Waals surface area (Å²) in [6.45, 7) is 6.38. The zero-order chi connectivity index (χ0) is 21.0. The largest absolute Gasteiger partial charge is 0.484 e. The fourth-order valence-electron chi connectivity index (χ4n) is 2.72. The first-order chi connectivity index (χ1) is 13.7. The zero-order valence-electron chi connectivity index (χ0n) is 16.5. The minimum absolute atomic E-state index is 0.0757. The van der Waals surface area contributed by atoms with Gasteiger partial charge in [0.25, 0.3) is 5.91 Å². The second-order valence-electron chi connectivity index (χ2n) is 7.70. The van der Waals surface area contributed by atoms with Gasteiger partial charge in [-0.05, 0) is 46.9 Å². The van der Waals surface area contributed by atoms with Gasteiger partial charge in [0.1, 0.15) is 5.75 Å². The van der Waals surface area contributed by atoms with E-state index in [4.69, 9.17) is 27.9 Å². The number of nitrogens with one attached hydrogen (secondary N) is 1. The monoisotopic (exact) mass is 448 g/mol. The molecular formula is C22H22Cl2N2O2S. The lowest BCUT2D eigenvalue weighted by atomic mass is 9.87. The molecule has 1 amide bonds. The SMILES string of the molecule is CC(C)(C)c1ccc(OCC(=O)Nc2ncc(Cc3cc(Cl)cc(Cl)c3)s2)cc1. The van der Waals surface area contributed by atoms with Crippen LogP contribution in [-0.4, -0.2) is 17.5 Å². The van der Waals surface area contributed by atoms with Crippen molar-refractivity contribution in [2.45, 2.75) is 32.6 Å². The average molecular weight is 449 g/mol. The molecule has 3 aromatic rings. The summed E-state index contributed by atoms with van der Waals surface area (Å²) in [5, 5.41) is 4.49. The first kappa shape index (κ1) is 21.6. The van der Waals surface area contributed by atoms with Gasteiger partial charge in [0.2, 0.25) is 0 Å². The van der Waals surface area contributed by atoms with Crippen LogP contribution in [0.25, 0.3) is 0 Å². The predicted octanol–water partition coefficient (Wildman–Crippen LogP) is 6.36. The summed E-state index contributed by atoms with van der Waals surface area (Å²) in [7, 11) is 0. The van der Waals surface area contributed by atoms with E-state index in [1.54, 1.807) is 12.3 Å². The summed E-state index contributed by atoms with van der Waals surface area (Å²) in [5.41, 5.74) is 2.28. The molecule has 0 aliphatic carbocycles. The van der Waals surface area contributed by atoms with E-state index < -0.39 is 0 Å². The normalized spacial score (nSPS) is 11.3. The molecule has 0 aliphatic rings. The van der Waals surface area contributed by atoms with Crippen LogP contribution < -0.4 is 10.1 Å². The number of carbonyl (C=O) groups is 1. The second kappa shape index (κ2) is 9.16. The molecular weight excluding hydrogens is 427 g/mol. The molecule has 3 rings (SSSR count). The summed E-state index contributed by atoms with van der Waals surface area (Å²) < 4.78 is 5.57. The Morgan fingerprint density at radius 1 is 1.10 bits per heavy atom. The third-order valence-corrected chi connectivity index (χ3v) is 5.54. The van der Waals surface area contributed by atoms with E-state index in [1.165, 1.54) is 16.9 Å².